The number of carboxylic acid groups (broad SMARTS) is 1. The number of aryl methyl sites for hydroxylation is 1. The summed E-state index contributed by atoms with van der Waals surface area (Å²) >= 11 is 11.4. The van der Waals surface area contributed by atoms with Gasteiger partial charge in [0.1, 0.15) is 0 Å². The normalized spacial score (nSPS) is 10.6. The lowest BCUT2D eigenvalue weighted by Gasteiger charge is -2.08. The van der Waals surface area contributed by atoms with Crippen molar-refractivity contribution in [1.29, 1.82) is 0 Å². The number of hydrogen-bond acceptors (Lipinski definition) is 4. The summed E-state index contributed by atoms with van der Waals surface area (Å²) in [7, 11) is 0. The predicted octanol–water partition coefficient (Wildman–Crippen LogP) is 8.28. The molecule has 1 N–H and O–H groups in total. The third-order valence-electron chi connectivity index (χ3n) is 4.89. The molecule has 0 fully saturated rings. The van der Waals surface area contributed by atoms with E-state index >= 15 is 0 Å². The molecule has 0 bridgehead atoms. The smallest absolute Gasteiger partial charge is 0.337 e. The van der Waals surface area contributed by atoms with Crippen LogP contribution in [0.25, 0.3) is 31.7 Å². The Balaban J connectivity index is 0.00000132. The average Bonchev–Trinajstić information content (AvgIpc) is 3.14. The Morgan fingerprint density at radius 3 is 2.48 bits per heavy atom. The zero-order valence-electron chi connectivity index (χ0n) is 17.5. The molecule has 0 atom stereocenters. The van der Waals surface area contributed by atoms with Crippen LogP contribution in [0.1, 0.15) is 35.3 Å². The maximum absolute atomic E-state index is 12.1. The molecule has 0 spiro atoms. The van der Waals surface area contributed by atoms with Gasteiger partial charge >= 0.3 is 5.97 Å². The van der Waals surface area contributed by atoms with Crippen LogP contribution in [0.5, 0.6) is 0 Å². The van der Waals surface area contributed by atoms with Crippen molar-refractivity contribution in [2.75, 3.05) is 0 Å². The van der Waals surface area contributed by atoms with Crippen molar-refractivity contribution >= 4 is 51.9 Å². The quantitative estimate of drug-likeness (QED) is 0.228. The predicted molar refractivity (Wildman–Crippen MR) is 135 cm³/mol. The molecular weight excluding hydrogens is 448 g/mol. The largest absolute Gasteiger partial charge is 0.478 e. The van der Waals surface area contributed by atoms with Crippen LogP contribution in [0.3, 0.4) is 0 Å². The van der Waals surface area contributed by atoms with Crippen LogP contribution >= 0.6 is 35.8 Å². The number of carbonyl (C=O) groups is 1. The van der Waals surface area contributed by atoms with Crippen LogP contribution in [-0.4, -0.2) is 11.1 Å². The topological polar surface area (TPSA) is 46.5 Å². The Hall–Kier alpha value is -2.31. The summed E-state index contributed by atoms with van der Waals surface area (Å²) in [6, 6.07) is 19.4. The molecule has 160 valence electrons. The minimum Gasteiger partial charge on any atom is -0.478 e. The highest BCUT2D eigenvalue weighted by molar-refractivity contribution is 7.75. The number of carboxylic acids is 1. The molecular formula is C25H23ClO3S2. The highest BCUT2D eigenvalue weighted by atomic mass is 35.5. The van der Waals surface area contributed by atoms with Crippen molar-refractivity contribution in [3.05, 3.63) is 82.4 Å². The van der Waals surface area contributed by atoms with E-state index in [9.17, 15) is 9.90 Å². The van der Waals surface area contributed by atoms with Gasteiger partial charge in [-0.3, -0.25) is 0 Å². The second-order valence-corrected chi connectivity index (χ2v) is 8.46. The van der Waals surface area contributed by atoms with Gasteiger partial charge < -0.3 is 9.29 Å². The van der Waals surface area contributed by atoms with Gasteiger partial charge in [0.05, 0.1) is 17.0 Å². The fraction of sp³-hybridized carbons (Fsp3) is 0.160. The van der Waals surface area contributed by atoms with E-state index in [1.54, 1.807) is 6.07 Å². The number of fused-ring (bicyclic) bond motifs is 1. The molecule has 31 heavy (non-hydrogen) atoms. The Morgan fingerprint density at radius 2 is 1.81 bits per heavy atom. The highest BCUT2D eigenvalue weighted by Gasteiger charge is 2.21. The fourth-order valence-corrected chi connectivity index (χ4v) is 5.24. The molecule has 0 saturated heterocycles. The molecule has 0 unspecified atom stereocenters. The van der Waals surface area contributed by atoms with E-state index in [4.69, 9.17) is 15.8 Å². The van der Waals surface area contributed by atoms with Crippen LogP contribution in [0.2, 0.25) is 5.02 Å². The summed E-state index contributed by atoms with van der Waals surface area (Å²) in [6.45, 7) is 6.33. The van der Waals surface area contributed by atoms with Crippen LogP contribution in [0.15, 0.2) is 60.7 Å². The first-order chi connectivity index (χ1) is 15.0. The summed E-state index contributed by atoms with van der Waals surface area (Å²) in [6.07, 6.45) is 0. The minimum absolute atomic E-state index is 0.328. The average molecular weight is 471 g/mol. The van der Waals surface area contributed by atoms with Gasteiger partial charge in [0, 0.05) is 15.1 Å². The minimum atomic E-state index is -0.933. The number of aromatic carboxylic acids is 1. The lowest BCUT2D eigenvalue weighted by atomic mass is 9.97. The van der Waals surface area contributed by atoms with E-state index in [0.29, 0.717) is 17.2 Å². The fourth-order valence-electron chi connectivity index (χ4n) is 3.55. The number of hydrogen-bond donors (Lipinski definition) is 2. The van der Waals surface area contributed by atoms with Crippen molar-refractivity contribution in [3.8, 4) is 21.6 Å². The van der Waals surface area contributed by atoms with Crippen molar-refractivity contribution < 1.29 is 14.1 Å². The standard InChI is InChI=1S/C23H17ClO3S2.C2H6/c1-13-10-16(24)7-9-17(13)22-21(23(25)26)19-8-6-14(11-20(19)29-22)18-5-3-2-4-15(18)12-27-28;1-2/h2-11,28H,12H2,1H3,(H,25,26);1-2H3. The van der Waals surface area contributed by atoms with Gasteiger partial charge in [-0.05, 0) is 65.8 Å². The third kappa shape index (κ3) is 4.80. The van der Waals surface area contributed by atoms with E-state index in [1.165, 1.54) is 11.3 Å². The van der Waals surface area contributed by atoms with E-state index < -0.39 is 5.97 Å². The van der Waals surface area contributed by atoms with E-state index in [0.717, 1.165) is 42.8 Å². The molecule has 0 aliphatic carbocycles. The molecule has 0 amide bonds. The maximum atomic E-state index is 12.1. The molecule has 0 aliphatic rings. The maximum Gasteiger partial charge on any atom is 0.337 e. The molecule has 1 heterocycles. The van der Waals surface area contributed by atoms with Crippen LogP contribution in [0.4, 0.5) is 0 Å². The lowest BCUT2D eigenvalue weighted by Crippen LogP contribution is -1.97. The van der Waals surface area contributed by atoms with Crippen molar-refractivity contribution in [2.24, 2.45) is 0 Å². The van der Waals surface area contributed by atoms with Crippen LogP contribution in [0, 0.1) is 6.92 Å². The van der Waals surface area contributed by atoms with Crippen molar-refractivity contribution in [2.45, 2.75) is 27.4 Å². The molecule has 4 aromatic rings. The molecule has 4 rings (SSSR count). The van der Waals surface area contributed by atoms with Gasteiger partial charge in [-0.1, -0.05) is 67.9 Å². The number of thiol groups is 1. The second kappa shape index (κ2) is 10.3. The molecule has 0 saturated carbocycles. The molecule has 3 aromatic carbocycles. The van der Waals surface area contributed by atoms with Crippen molar-refractivity contribution in [3.63, 3.8) is 0 Å². The number of thiophene rings is 1. The molecule has 3 nitrogen and oxygen atoms in total. The first-order valence-corrected chi connectivity index (χ1v) is 11.5. The van der Waals surface area contributed by atoms with Gasteiger partial charge in [0.2, 0.25) is 0 Å². The number of rotatable bonds is 5. The third-order valence-corrected chi connectivity index (χ3v) is 6.44. The Kier molecular flexibility index (Phi) is 7.79. The van der Waals surface area contributed by atoms with Crippen LogP contribution in [-0.2, 0) is 10.8 Å². The number of benzene rings is 3. The van der Waals surface area contributed by atoms with Gasteiger partial charge in [-0.25, -0.2) is 4.79 Å². The van der Waals surface area contributed by atoms with Crippen LogP contribution < -0.4 is 0 Å². The summed E-state index contributed by atoms with van der Waals surface area (Å²) < 4.78 is 5.94. The van der Waals surface area contributed by atoms with Gasteiger partial charge in [0.25, 0.3) is 0 Å². The molecule has 6 heteroatoms. The zero-order chi connectivity index (χ0) is 22.5. The zero-order valence-corrected chi connectivity index (χ0v) is 19.9. The molecule has 0 aliphatic heterocycles. The molecule has 1 aromatic heterocycles. The Morgan fingerprint density at radius 1 is 1.06 bits per heavy atom. The van der Waals surface area contributed by atoms with Gasteiger partial charge in [0.15, 0.2) is 0 Å². The SMILES string of the molecule is CC.Cc1cc(Cl)ccc1-c1sc2cc(-c3ccccc3COS)ccc2c1C(=O)O. The Labute approximate surface area is 196 Å². The Bertz CT molecular complexity index is 1230. The van der Waals surface area contributed by atoms with E-state index in [1.807, 2.05) is 75.4 Å². The first-order valence-electron chi connectivity index (χ1n) is 9.90. The lowest BCUT2D eigenvalue weighted by molar-refractivity contribution is 0.0700. The van der Waals surface area contributed by atoms with E-state index in [2.05, 4.69) is 12.9 Å². The monoisotopic (exact) mass is 470 g/mol. The molecule has 0 radical (unpaired) electrons. The highest BCUT2D eigenvalue weighted by Crippen LogP contribution is 2.42. The first kappa shape index (κ1) is 23.4. The van der Waals surface area contributed by atoms with Gasteiger partial charge in [-0.2, -0.15) is 0 Å². The van der Waals surface area contributed by atoms with E-state index in [-0.39, 0.29) is 0 Å². The second-order valence-electron chi connectivity index (χ2n) is 6.71. The van der Waals surface area contributed by atoms with Crippen molar-refractivity contribution in [1.82, 2.24) is 0 Å². The summed E-state index contributed by atoms with van der Waals surface area (Å²) in [4.78, 5) is 12.8. The van der Waals surface area contributed by atoms with Gasteiger partial charge in [-0.15, -0.1) is 11.3 Å². The summed E-state index contributed by atoms with van der Waals surface area (Å²) in [5.41, 5.74) is 5.23. The number of halogens is 1. The summed E-state index contributed by atoms with van der Waals surface area (Å²) in [5.74, 6) is -0.933. The summed E-state index contributed by atoms with van der Waals surface area (Å²) in [5, 5.41) is 11.3.